The number of pyridine rings is 1. The predicted molar refractivity (Wildman–Crippen MR) is 116 cm³/mol. The van der Waals surface area contributed by atoms with E-state index < -0.39 is 40.3 Å². The van der Waals surface area contributed by atoms with E-state index in [1.54, 1.807) is 6.07 Å². The molecule has 5 nitrogen and oxygen atoms in total. The molecule has 1 fully saturated rings. The summed E-state index contributed by atoms with van der Waals surface area (Å²) in [7, 11) is 0. The Bertz CT molecular complexity index is 1170. The lowest BCUT2D eigenvalue weighted by Gasteiger charge is -2.30. The monoisotopic (exact) mass is 484 g/mol. The highest BCUT2D eigenvalue weighted by atomic mass is 35.5. The molecule has 0 saturated carbocycles. The fourth-order valence-corrected chi connectivity index (χ4v) is 4.19. The first-order chi connectivity index (χ1) is 14.7. The minimum Gasteiger partial charge on any atom is -0.301 e. The third-order valence-corrected chi connectivity index (χ3v) is 5.79. The number of amides is 1. The first-order valence-corrected chi connectivity index (χ1v) is 10.2. The van der Waals surface area contributed by atoms with Gasteiger partial charge in [0.05, 0.1) is 34.2 Å². The molecule has 32 heavy (non-hydrogen) atoms. The highest BCUT2D eigenvalue weighted by molar-refractivity contribution is 7.81. The topological polar surface area (TPSA) is 60.2 Å². The first-order valence-electron chi connectivity index (χ1n) is 9.37. The highest BCUT2D eigenvalue weighted by Crippen LogP contribution is 2.43. The molecule has 0 unspecified atom stereocenters. The van der Waals surface area contributed by atoms with Crippen molar-refractivity contribution in [1.82, 2.24) is 4.98 Å². The van der Waals surface area contributed by atoms with Gasteiger partial charge in [0.25, 0.3) is 5.91 Å². The minimum absolute atomic E-state index is 0.0757. The maximum absolute atomic E-state index is 15.0. The number of hydrogen-bond donors (Lipinski definition) is 0. The van der Waals surface area contributed by atoms with Gasteiger partial charge in [-0.25, -0.2) is 4.39 Å². The Balaban J connectivity index is 2.18. The Labute approximate surface area is 192 Å². The Morgan fingerprint density at radius 1 is 1.25 bits per heavy atom. The van der Waals surface area contributed by atoms with E-state index >= 15 is 4.39 Å². The molecule has 1 amide bonds. The number of carbonyl (C=O) groups excluding carboxylic acids is 1. The van der Waals surface area contributed by atoms with E-state index in [4.69, 9.17) is 29.1 Å². The summed E-state index contributed by atoms with van der Waals surface area (Å²) in [4.78, 5) is 19.5. The first kappa shape index (κ1) is 23.9. The van der Waals surface area contributed by atoms with Gasteiger partial charge >= 0.3 is 6.18 Å². The van der Waals surface area contributed by atoms with Gasteiger partial charge in [-0.2, -0.15) is 18.4 Å². The fourth-order valence-electron chi connectivity index (χ4n) is 3.44. The summed E-state index contributed by atoms with van der Waals surface area (Å²) in [6, 6.07) is 4.66. The number of halogens is 5. The van der Waals surface area contributed by atoms with Gasteiger partial charge in [0.15, 0.2) is 10.9 Å². The van der Waals surface area contributed by atoms with Crippen LogP contribution < -0.4 is 9.80 Å². The molecule has 0 N–H and O–H groups in total. The SMILES string of the molecule is CC(C)c1cc(Cl)c(N2C(=S)N(c3ccc(C#N)c(C(F)(F)F)c3F)C(=O)C2(C)C)cn1. The van der Waals surface area contributed by atoms with Gasteiger partial charge in [-0.1, -0.05) is 25.4 Å². The normalized spacial score (nSPS) is 16.2. The van der Waals surface area contributed by atoms with E-state index in [1.807, 2.05) is 13.8 Å². The molecule has 1 aliphatic heterocycles. The van der Waals surface area contributed by atoms with Crippen molar-refractivity contribution in [1.29, 1.82) is 5.26 Å². The van der Waals surface area contributed by atoms with Crippen molar-refractivity contribution >= 4 is 46.2 Å². The van der Waals surface area contributed by atoms with Crippen LogP contribution in [0.25, 0.3) is 0 Å². The molecule has 2 heterocycles. The maximum Gasteiger partial charge on any atom is 0.420 e. The Morgan fingerprint density at radius 2 is 1.88 bits per heavy atom. The minimum atomic E-state index is -5.15. The number of nitrogens with zero attached hydrogens (tertiary/aromatic N) is 4. The van der Waals surface area contributed by atoms with Gasteiger partial charge in [0.2, 0.25) is 0 Å². The Morgan fingerprint density at radius 3 is 2.38 bits per heavy atom. The summed E-state index contributed by atoms with van der Waals surface area (Å²) in [6.07, 6.45) is -3.73. The van der Waals surface area contributed by atoms with Gasteiger partial charge in [0, 0.05) is 5.69 Å². The molecular formula is C21H17ClF4N4OS. The summed E-state index contributed by atoms with van der Waals surface area (Å²) in [6.45, 7) is 6.81. The zero-order valence-electron chi connectivity index (χ0n) is 17.4. The van der Waals surface area contributed by atoms with E-state index in [2.05, 4.69) is 4.98 Å². The number of nitriles is 1. The van der Waals surface area contributed by atoms with Gasteiger partial charge in [0.1, 0.15) is 11.1 Å². The second-order valence-electron chi connectivity index (χ2n) is 7.96. The van der Waals surface area contributed by atoms with Crippen molar-refractivity contribution in [2.45, 2.75) is 45.3 Å². The van der Waals surface area contributed by atoms with E-state index in [0.29, 0.717) is 10.6 Å². The average Bonchev–Trinajstić information content (AvgIpc) is 2.85. The van der Waals surface area contributed by atoms with Crippen molar-refractivity contribution in [3.63, 3.8) is 0 Å². The van der Waals surface area contributed by atoms with Crippen LogP contribution >= 0.6 is 23.8 Å². The molecule has 1 aromatic carbocycles. The average molecular weight is 485 g/mol. The van der Waals surface area contributed by atoms with E-state index in [9.17, 15) is 18.0 Å². The van der Waals surface area contributed by atoms with Crippen LogP contribution in [0.1, 0.15) is 50.4 Å². The van der Waals surface area contributed by atoms with Crippen LogP contribution in [0, 0.1) is 17.1 Å². The largest absolute Gasteiger partial charge is 0.420 e. The quantitative estimate of drug-likeness (QED) is 0.407. The predicted octanol–water partition coefficient (Wildman–Crippen LogP) is 5.80. The standard InChI is InChI=1S/C21H17ClF4N4OS/c1-10(2)13-7-12(22)15(9-28-13)30-19(32)29(18(31)20(30,3)4)14-6-5-11(8-27)16(17(14)23)21(24,25)26/h5-7,9-10H,1-4H3. The molecule has 1 aliphatic rings. The molecule has 0 atom stereocenters. The van der Waals surface area contributed by atoms with Crippen LogP contribution in [0.5, 0.6) is 0 Å². The number of rotatable bonds is 3. The van der Waals surface area contributed by atoms with Gasteiger partial charge in [-0.3, -0.25) is 14.7 Å². The van der Waals surface area contributed by atoms with Crippen LogP contribution in [0.3, 0.4) is 0 Å². The summed E-state index contributed by atoms with van der Waals surface area (Å²) in [5.74, 6) is -2.45. The lowest BCUT2D eigenvalue weighted by molar-refractivity contribution is -0.140. The zero-order chi connectivity index (χ0) is 24.2. The number of carbonyl (C=O) groups is 1. The van der Waals surface area contributed by atoms with E-state index in [0.717, 1.165) is 12.1 Å². The molecule has 0 spiro atoms. The third-order valence-electron chi connectivity index (χ3n) is 5.12. The summed E-state index contributed by atoms with van der Waals surface area (Å²) in [5, 5.41) is 8.94. The molecule has 3 rings (SSSR count). The van der Waals surface area contributed by atoms with Gasteiger partial charge in [-0.05, 0) is 50.2 Å². The number of aromatic nitrogens is 1. The van der Waals surface area contributed by atoms with Gasteiger partial charge in [-0.15, -0.1) is 0 Å². The number of hydrogen-bond acceptors (Lipinski definition) is 4. The van der Waals surface area contributed by atoms with Crippen LogP contribution in [-0.4, -0.2) is 21.5 Å². The molecule has 0 bridgehead atoms. The van der Waals surface area contributed by atoms with Crippen molar-refractivity contribution in [3.05, 3.63) is 52.1 Å². The second-order valence-corrected chi connectivity index (χ2v) is 8.74. The van der Waals surface area contributed by atoms with E-state index in [-0.39, 0.29) is 21.7 Å². The number of thiocarbonyl (C=S) groups is 1. The van der Waals surface area contributed by atoms with Crippen LogP contribution in [0.15, 0.2) is 24.4 Å². The van der Waals surface area contributed by atoms with E-state index in [1.165, 1.54) is 31.0 Å². The molecule has 0 radical (unpaired) electrons. The van der Waals surface area contributed by atoms with Crippen LogP contribution in [-0.2, 0) is 11.0 Å². The second kappa shape index (κ2) is 7.98. The summed E-state index contributed by atoms with van der Waals surface area (Å²) < 4.78 is 55.4. The number of anilines is 2. The van der Waals surface area contributed by atoms with Crippen molar-refractivity contribution in [3.8, 4) is 6.07 Å². The molecule has 11 heteroatoms. The fraction of sp³-hybridized carbons (Fsp3) is 0.333. The number of benzene rings is 1. The molecule has 1 aromatic heterocycles. The zero-order valence-corrected chi connectivity index (χ0v) is 19.0. The van der Waals surface area contributed by atoms with Crippen molar-refractivity contribution < 1.29 is 22.4 Å². The maximum atomic E-state index is 15.0. The Hall–Kier alpha value is -2.77. The lowest BCUT2D eigenvalue weighted by Crippen LogP contribution is -2.44. The smallest absolute Gasteiger partial charge is 0.301 e. The summed E-state index contributed by atoms with van der Waals surface area (Å²) >= 11 is 11.8. The Kier molecular flexibility index (Phi) is 5.95. The molecule has 1 saturated heterocycles. The summed E-state index contributed by atoms with van der Waals surface area (Å²) in [5.41, 5.74) is -3.82. The highest BCUT2D eigenvalue weighted by Gasteiger charge is 2.52. The molecular weight excluding hydrogens is 468 g/mol. The van der Waals surface area contributed by atoms with Gasteiger partial charge < -0.3 is 4.90 Å². The third kappa shape index (κ3) is 3.69. The van der Waals surface area contributed by atoms with Crippen LogP contribution in [0.4, 0.5) is 28.9 Å². The number of alkyl halides is 3. The van der Waals surface area contributed by atoms with Crippen molar-refractivity contribution in [2.24, 2.45) is 0 Å². The lowest BCUT2D eigenvalue weighted by atomic mass is 10.0. The molecule has 0 aliphatic carbocycles. The molecule has 2 aromatic rings. The van der Waals surface area contributed by atoms with Crippen LogP contribution in [0.2, 0.25) is 5.02 Å². The van der Waals surface area contributed by atoms with Crippen molar-refractivity contribution in [2.75, 3.05) is 9.80 Å². The molecule has 168 valence electrons.